The Morgan fingerprint density at radius 1 is 1.00 bits per heavy atom. The van der Waals surface area contributed by atoms with Crippen molar-refractivity contribution in [3.8, 4) is 0 Å². The van der Waals surface area contributed by atoms with E-state index in [4.69, 9.17) is 14.2 Å². The molecular formula is C16H30O5. The van der Waals surface area contributed by atoms with E-state index in [1.165, 1.54) is 0 Å². The van der Waals surface area contributed by atoms with Crippen molar-refractivity contribution in [3.63, 3.8) is 0 Å². The summed E-state index contributed by atoms with van der Waals surface area (Å²) in [7, 11) is 0. The fourth-order valence-corrected chi connectivity index (χ4v) is 2.72. The summed E-state index contributed by atoms with van der Waals surface area (Å²) < 4.78 is 15.5. The van der Waals surface area contributed by atoms with Crippen LogP contribution in [0.25, 0.3) is 0 Å². The first kappa shape index (κ1) is 19.7. The first-order valence-corrected chi connectivity index (χ1v) is 7.88. The van der Waals surface area contributed by atoms with Crippen molar-refractivity contribution >= 4 is 12.1 Å². The third kappa shape index (κ3) is 5.56. The fraction of sp³-hybridized carbons (Fsp3) is 0.875. The Hall–Kier alpha value is -1.26. The predicted molar refractivity (Wildman–Crippen MR) is 81.0 cm³/mol. The average Bonchev–Trinajstić information content (AvgIpc) is 2.42. The van der Waals surface area contributed by atoms with Gasteiger partial charge in [0.2, 0.25) is 0 Å². The first-order chi connectivity index (χ1) is 9.87. The topological polar surface area (TPSA) is 61.8 Å². The number of ether oxygens (including phenoxy) is 3. The molecule has 0 saturated heterocycles. The van der Waals surface area contributed by atoms with E-state index >= 15 is 0 Å². The molecule has 0 aliphatic rings. The van der Waals surface area contributed by atoms with Crippen LogP contribution in [0.1, 0.15) is 60.8 Å². The van der Waals surface area contributed by atoms with Crippen LogP contribution in [-0.2, 0) is 19.0 Å². The molecule has 0 aliphatic carbocycles. The highest BCUT2D eigenvalue weighted by molar-refractivity contribution is 5.78. The van der Waals surface area contributed by atoms with Gasteiger partial charge in [0.1, 0.15) is 11.5 Å². The summed E-state index contributed by atoms with van der Waals surface area (Å²) in [4.78, 5) is 24.2. The lowest BCUT2D eigenvalue weighted by molar-refractivity contribution is -0.167. The Bertz CT molecular complexity index is 327. The van der Waals surface area contributed by atoms with Gasteiger partial charge in [-0.25, -0.2) is 4.79 Å². The molecule has 0 spiro atoms. The molecule has 5 nitrogen and oxygen atoms in total. The van der Waals surface area contributed by atoms with Crippen molar-refractivity contribution in [1.29, 1.82) is 0 Å². The SMILES string of the molecule is CCOC(=O)OC(CC)C(CC)(CC(C)C)C(=O)OCC. The molecule has 2 atom stereocenters. The maximum atomic E-state index is 12.5. The molecule has 5 heteroatoms. The van der Waals surface area contributed by atoms with Gasteiger partial charge in [0, 0.05) is 0 Å². The molecule has 0 N–H and O–H groups in total. The second kappa shape index (κ2) is 9.64. The van der Waals surface area contributed by atoms with Gasteiger partial charge in [-0.1, -0.05) is 27.7 Å². The zero-order chi connectivity index (χ0) is 16.5. The zero-order valence-electron chi connectivity index (χ0n) is 14.2. The highest BCUT2D eigenvalue weighted by Gasteiger charge is 2.47. The third-order valence-corrected chi connectivity index (χ3v) is 3.57. The Kier molecular flexibility index (Phi) is 9.06. The van der Waals surface area contributed by atoms with E-state index in [1.807, 2.05) is 27.7 Å². The minimum Gasteiger partial charge on any atom is -0.465 e. The minimum atomic E-state index is -0.814. The molecule has 124 valence electrons. The first-order valence-electron chi connectivity index (χ1n) is 7.88. The molecule has 0 radical (unpaired) electrons. The van der Waals surface area contributed by atoms with Crippen LogP contribution >= 0.6 is 0 Å². The Morgan fingerprint density at radius 2 is 1.57 bits per heavy atom. The van der Waals surface area contributed by atoms with Gasteiger partial charge in [-0.3, -0.25) is 4.79 Å². The lowest BCUT2D eigenvalue weighted by atomic mass is 9.72. The number of esters is 1. The largest absolute Gasteiger partial charge is 0.508 e. The monoisotopic (exact) mass is 302 g/mol. The van der Waals surface area contributed by atoms with Crippen LogP contribution in [0.3, 0.4) is 0 Å². The molecule has 0 aromatic rings. The number of rotatable bonds is 9. The van der Waals surface area contributed by atoms with Crippen LogP contribution in [0.2, 0.25) is 0 Å². The highest BCUT2D eigenvalue weighted by Crippen LogP contribution is 2.39. The Labute approximate surface area is 128 Å². The molecule has 0 amide bonds. The number of carbonyl (C=O) groups excluding carboxylic acids is 2. The molecule has 2 unspecified atom stereocenters. The number of hydrogen-bond acceptors (Lipinski definition) is 5. The lowest BCUT2D eigenvalue weighted by Crippen LogP contribution is -2.46. The molecule has 21 heavy (non-hydrogen) atoms. The van der Waals surface area contributed by atoms with Gasteiger partial charge in [0.05, 0.1) is 13.2 Å². The van der Waals surface area contributed by atoms with Crippen molar-refractivity contribution in [2.24, 2.45) is 11.3 Å². The summed E-state index contributed by atoms with van der Waals surface area (Å²) in [5.74, 6) is -0.00782. The summed E-state index contributed by atoms with van der Waals surface area (Å²) in [5, 5.41) is 0. The van der Waals surface area contributed by atoms with E-state index < -0.39 is 17.7 Å². The summed E-state index contributed by atoms with van der Waals surface area (Å²) >= 11 is 0. The Morgan fingerprint density at radius 3 is 1.95 bits per heavy atom. The van der Waals surface area contributed by atoms with Crippen molar-refractivity contribution in [1.82, 2.24) is 0 Å². The molecule has 0 fully saturated rings. The average molecular weight is 302 g/mol. The van der Waals surface area contributed by atoms with Crippen molar-refractivity contribution in [2.75, 3.05) is 13.2 Å². The van der Waals surface area contributed by atoms with Gasteiger partial charge >= 0.3 is 12.1 Å². The number of hydrogen-bond donors (Lipinski definition) is 0. The summed E-state index contributed by atoms with van der Waals surface area (Å²) in [6.07, 6.45) is 0.443. The lowest BCUT2D eigenvalue weighted by Gasteiger charge is -2.37. The molecule has 0 saturated carbocycles. The molecule has 0 heterocycles. The van der Waals surface area contributed by atoms with Gasteiger partial charge in [-0.2, -0.15) is 0 Å². The van der Waals surface area contributed by atoms with Crippen molar-refractivity contribution in [3.05, 3.63) is 0 Å². The maximum Gasteiger partial charge on any atom is 0.508 e. The zero-order valence-corrected chi connectivity index (χ0v) is 14.2. The summed E-state index contributed by atoms with van der Waals surface area (Å²) in [6, 6.07) is 0. The molecule has 0 bridgehead atoms. The van der Waals surface area contributed by atoms with E-state index in [0.29, 0.717) is 25.9 Å². The second-order valence-electron chi connectivity index (χ2n) is 5.53. The van der Waals surface area contributed by atoms with Crippen LogP contribution in [-0.4, -0.2) is 31.4 Å². The molecule has 0 aliphatic heterocycles. The van der Waals surface area contributed by atoms with Gasteiger partial charge < -0.3 is 14.2 Å². The molecule has 0 aromatic carbocycles. The van der Waals surface area contributed by atoms with Crippen LogP contribution < -0.4 is 0 Å². The van der Waals surface area contributed by atoms with Crippen LogP contribution in [0, 0.1) is 11.3 Å². The van der Waals surface area contributed by atoms with Gasteiger partial charge in [-0.15, -0.1) is 0 Å². The number of carbonyl (C=O) groups is 2. The second-order valence-corrected chi connectivity index (χ2v) is 5.53. The fourth-order valence-electron chi connectivity index (χ4n) is 2.72. The summed E-state index contributed by atoms with van der Waals surface area (Å²) in [6.45, 7) is 12.0. The van der Waals surface area contributed by atoms with E-state index in [2.05, 4.69) is 0 Å². The van der Waals surface area contributed by atoms with E-state index in [-0.39, 0.29) is 18.5 Å². The minimum absolute atomic E-state index is 0.248. The van der Waals surface area contributed by atoms with Gasteiger partial charge in [0.15, 0.2) is 0 Å². The highest BCUT2D eigenvalue weighted by atomic mass is 16.7. The van der Waals surface area contributed by atoms with Gasteiger partial charge in [-0.05, 0) is 39.0 Å². The van der Waals surface area contributed by atoms with Crippen LogP contribution in [0.5, 0.6) is 0 Å². The Balaban J connectivity index is 5.38. The van der Waals surface area contributed by atoms with E-state index in [1.54, 1.807) is 13.8 Å². The van der Waals surface area contributed by atoms with Gasteiger partial charge in [0.25, 0.3) is 0 Å². The molecule has 0 rings (SSSR count). The maximum absolute atomic E-state index is 12.5. The van der Waals surface area contributed by atoms with Crippen LogP contribution in [0.4, 0.5) is 4.79 Å². The van der Waals surface area contributed by atoms with E-state index in [9.17, 15) is 9.59 Å². The van der Waals surface area contributed by atoms with Crippen LogP contribution in [0.15, 0.2) is 0 Å². The van der Waals surface area contributed by atoms with Crippen molar-refractivity contribution < 1.29 is 23.8 Å². The van der Waals surface area contributed by atoms with E-state index in [0.717, 1.165) is 0 Å². The summed E-state index contributed by atoms with van der Waals surface area (Å²) in [5.41, 5.74) is -0.814. The predicted octanol–water partition coefficient (Wildman–Crippen LogP) is 3.94. The standard InChI is InChI=1S/C16H30O5/c1-7-13(21-15(18)20-10-4)16(8-2,11-12(5)6)14(17)19-9-3/h12-13H,7-11H2,1-6H3. The smallest absolute Gasteiger partial charge is 0.465 e. The van der Waals surface area contributed by atoms with Crippen molar-refractivity contribution in [2.45, 2.75) is 66.9 Å². The normalized spacial score (nSPS) is 15.2. The molecule has 0 aromatic heterocycles. The molecular weight excluding hydrogens is 272 g/mol. The quantitative estimate of drug-likeness (QED) is 0.604. The third-order valence-electron chi connectivity index (χ3n) is 3.57.